The fourth-order valence-corrected chi connectivity index (χ4v) is 3.77. The molecule has 2 heteroatoms. The molecule has 0 amide bonds. The van der Waals surface area contributed by atoms with Gasteiger partial charge in [0.1, 0.15) is 0 Å². The lowest BCUT2D eigenvalue weighted by Crippen LogP contribution is -2.43. The molecular weight excluding hydrogens is 232 g/mol. The average Bonchev–Trinajstić information content (AvgIpc) is 3.03. The number of nitrogens with zero attached hydrogens (tertiary/aromatic N) is 1. The van der Waals surface area contributed by atoms with E-state index >= 15 is 0 Å². The number of benzene rings is 1. The van der Waals surface area contributed by atoms with Crippen molar-refractivity contribution < 1.29 is 0 Å². The summed E-state index contributed by atoms with van der Waals surface area (Å²) in [7, 11) is 2.24. The van der Waals surface area contributed by atoms with E-state index in [0.29, 0.717) is 12.1 Å². The van der Waals surface area contributed by atoms with Crippen LogP contribution in [0.1, 0.15) is 42.4 Å². The largest absolute Gasteiger partial charge is 0.326 e. The summed E-state index contributed by atoms with van der Waals surface area (Å²) >= 11 is 0. The predicted octanol–water partition coefficient (Wildman–Crippen LogP) is 2.53. The molecule has 19 heavy (non-hydrogen) atoms. The Morgan fingerprint density at radius 1 is 1.16 bits per heavy atom. The van der Waals surface area contributed by atoms with Crippen LogP contribution < -0.4 is 5.73 Å². The molecule has 1 fully saturated rings. The van der Waals surface area contributed by atoms with Crippen molar-refractivity contribution in [2.24, 2.45) is 5.73 Å². The van der Waals surface area contributed by atoms with Crippen molar-refractivity contribution in [2.75, 3.05) is 13.6 Å². The molecule has 1 saturated carbocycles. The molecule has 0 bridgehead atoms. The van der Waals surface area contributed by atoms with Crippen LogP contribution >= 0.6 is 0 Å². The van der Waals surface area contributed by atoms with Gasteiger partial charge in [0, 0.05) is 18.6 Å². The molecule has 2 N–H and O–H groups in total. The van der Waals surface area contributed by atoms with Crippen molar-refractivity contribution >= 4 is 0 Å². The van der Waals surface area contributed by atoms with Gasteiger partial charge in [0.05, 0.1) is 0 Å². The minimum absolute atomic E-state index is 0.394. The van der Waals surface area contributed by atoms with E-state index in [-0.39, 0.29) is 0 Å². The lowest BCUT2D eigenvalue weighted by atomic mass is 10.0. The summed E-state index contributed by atoms with van der Waals surface area (Å²) in [4.78, 5) is 2.48. The molecule has 2 nitrogen and oxygen atoms in total. The minimum Gasteiger partial charge on any atom is -0.326 e. The Morgan fingerprint density at radius 2 is 2.00 bits per heavy atom. The zero-order chi connectivity index (χ0) is 13.2. The third kappa shape index (κ3) is 2.85. The first-order chi connectivity index (χ1) is 9.24. The van der Waals surface area contributed by atoms with Crippen LogP contribution in [-0.2, 0) is 19.3 Å². The number of hydrogen-bond acceptors (Lipinski definition) is 2. The van der Waals surface area contributed by atoms with Crippen LogP contribution in [0.3, 0.4) is 0 Å². The van der Waals surface area contributed by atoms with Gasteiger partial charge in [0.2, 0.25) is 0 Å². The molecule has 2 aliphatic rings. The molecule has 104 valence electrons. The van der Waals surface area contributed by atoms with Crippen molar-refractivity contribution in [3.05, 3.63) is 34.9 Å². The number of hydrogen-bond donors (Lipinski definition) is 1. The Bertz CT molecular complexity index is 441. The molecule has 2 atom stereocenters. The maximum atomic E-state index is 6.18. The Balaban J connectivity index is 1.57. The van der Waals surface area contributed by atoms with Gasteiger partial charge in [-0.15, -0.1) is 0 Å². The molecule has 0 radical (unpaired) electrons. The van der Waals surface area contributed by atoms with Crippen LogP contribution in [0, 0.1) is 0 Å². The molecule has 3 rings (SSSR count). The SMILES string of the molecule is CN(CCc1ccc2c(c1)CCC2)C1CCCC1N. The Morgan fingerprint density at radius 3 is 2.79 bits per heavy atom. The maximum absolute atomic E-state index is 6.18. The smallest absolute Gasteiger partial charge is 0.0244 e. The third-order valence-corrected chi connectivity index (χ3v) is 5.01. The first-order valence-corrected chi connectivity index (χ1v) is 7.80. The van der Waals surface area contributed by atoms with Crippen molar-refractivity contribution in [3.8, 4) is 0 Å². The topological polar surface area (TPSA) is 29.3 Å². The van der Waals surface area contributed by atoms with Gasteiger partial charge in [0.25, 0.3) is 0 Å². The summed E-state index contributed by atoms with van der Waals surface area (Å²) in [6, 6.07) is 8.11. The van der Waals surface area contributed by atoms with E-state index < -0.39 is 0 Å². The molecular formula is C17H26N2. The van der Waals surface area contributed by atoms with Crippen molar-refractivity contribution in [1.29, 1.82) is 0 Å². The second-order valence-corrected chi connectivity index (χ2v) is 6.35. The van der Waals surface area contributed by atoms with Crippen LogP contribution in [0.5, 0.6) is 0 Å². The first-order valence-electron chi connectivity index (χ1n) is 7.80. The monoisotopic (exact) mass is 258 g/mol. The van der Waals surface area contributed by atoms with Gasteiger partial charge in [-0.25, -0.2) is 0 Å². The highest BCUT2D eigenvalue weighted by Gasteiger charge is 2.26. The summed E-state index contributed by atoms with van der Waals surface area (Å²) in [5, 5.41) is 0. The number of fused-ring (bicyclic) bond motifs is 1. The highest BCUT2D eigenvalue weighted by atomic mass is 15.1. The minimum atomic E-state index is 0.394. The predicted molar refractivity (Wildman–Crippen MR) is 80.4 cm³/mol. The Kier molecular flexibility index (Phi) is 3.90. The molecule has 2 aliphatic carbocycles. The Labute approximate surface area is 117 Å². The van der Waals surface area contributed by atoms with E-state index in [4.69, 9.17) is 5.73 Å². The quantitative estimate of drug-likeness (QED) is 0.899. The normalized spacial score (nSPS) is 26.1. The van der Waals surface area contributed by atoms with Crippen molar-refractivity contribution in [2.45, 2.75) is 57.0 Å². The zero-order valence-electron chi connectivity index (χ0n) is 12.1. The van der Waals surface area contributed by atoms with Crippen LogP contribution in [0.2, 0.25) is 0 Å². The van der Waals surface area contributed by atoms with E-state index in [9.17, 15) is 0 Å². The molecule has 2 unspecified atom stereocenters. The summed E-state index contributed by atoms with van der Waals surface area (Å²) in [5.74, 6) is 0. The fraction of sp³-hybridized carbons (Fsp3) is 0.647. The van der Waals surface area contributed by atoms with Crippen LogP contribution in [0.15, 0.2) is 18.2 Å². The molecule has 1 aromatic rings. The van der Waals surface area contributed by atoms with Gasteiger partial charge >= 0.3 is 0 Å². The van der Waals surface area contributed by atoms with Gasteiger partial charge in [-0.2, -0.15) is 0 Å². The molecule has 1 aromatic carbocycles. The molecule has 0 saturated heterocycles. The van der Waals surface area contributed by atoms with E-state index in [1.54, 1.807) is 11.1 Å². The van der Waals surface area contributed by atoms with Gasteiger partial charge in [-0.3, -0.25) is 0 Å². The first kappa shape index (κ1) is 13.1. The van der Waals surface area contributed by atoms with E-state index in [0.717, 1.165) is 13.0 Å². The van der Waals surface area contributed by atoms with E-state index in [1.165, 1.54) is 44.1 Å². The number of aryl methyl sites for hydroxylation is 2. The van der Waals surface area contributed by atoms with E-state index in [2.05, 4.69) is 30.1 Å². The summed E-state index contributed by atoms with van der Waals surface area (Å²) in [5.41, 5.74) is 10.9. The number of nitrogens with two attached hydrogens (primary N) is 1. The third-order valence-electron chi connectivity index (χ3n) is 5.01. The molecule has 0 aromatic heterocycles. The number of rotatable bonds is 4. The van der Waals surface area contributed by atoms with Crippen LogP contribution in [0.25, 0.3) is 0 Å². The van der Waals surface area contributed by atoms with Crippen LogP contribution in [-0.4, -0.2) is 30.6 Å². The van der Waals surface area contributed by atoms with Crippen molar-refractivity contribution in [3.63, 3.8) is 0 Å². The zero-order valence-corrected chi connectivity index (χ0v) is 12.1. The molecule has 0 heterocycles. The van der Waals surface area contributed by atoms with E-state index in [1.807, 2.05) is 0 Å². The lowest BCUT2D eigenvalue weighted by Gasteiger charge is -2.27. The maximum Gasteiger partial charge on any atom is 0.0244 e. The Hall–Kier alpha value is -0.860. The average molecular weight is 258 g/mol. The summed E-state index contributed by atoms with van der Waals surface area (Å²) < 4.78 is 0. The van der Waals surface area contributed by atoms with Gasteiger partial charge in [-0.05, 0) is 62.3 Å². The van der Waals surface area contributed by atoms with Crippen LogP contribution in [0.4, 0.5) is 0 Å². The van der Waals surface area contributed by atoms with Gasteiger partial charge in [0.15, 0.2) is 0 Å². The molecule has 0 spiro atoms. The number of likely N-dealkylation sites (N-methyl/N-ethyl adjacent to an activating group) is 1. The highest BCUT2D eigenvalue weighted by molar-refractivity contribution is 5.35. The van der Waals surface area contributed by atoms with Crippen molar-refractivity contribution in [1.82, 2.24) is 4.90 Å². The standard InChI is InChI=1S/C17H26N2/c1-19(17-7-3-6-16(17)18)11-10-13-8-9-14-4-2-5-15(14)12-13/h8-9,12,16-17H,2-7,10-11,18H2,1H3. The molecule has 0 aliphatic heterocycles. The van der Waals surface area contributed by atoms with Gasteiger partial charge < -0.3 is 10.6 Å². The van der Waals surface area contributed by atoms with Gasteiger partial charge in [-0.1, -0.05) is 24.6 Å². The second kappa shape index (κ2) is 5.64. The lowest BCUT2D eigenvalue weighted by molar-refractivity contribution is 0.231. The summed E-state index contributed by atoms with van der Waals surface area (Å²) in [6.07, 6.45) is 8.85. The second-order valence-electron chi connectivity index (χ2n) is 6.35. The fourth-order valence-electron chi connectivity index (χ4n) is 3.77. The highest BCUT2D eigenvalue weighted by Crippen LogP contribution is 2.24. The summed E-state index contributed by atoms with van der Waals surface area (Å²) in [6.45, 7) is 1.14.